The van der Waals surface area contributed by atoms with Crippen molar-refractivity contribution in [3.8, 4) is 5.75 Å². The van der Waals surface area contributed by atoms with Gasteiger partial charge >= 0.3 is 5.97 Å². The molecule has 5 heteroatoms. The molecule has 0 aliphatic rings. The molecule has 0 saturated heterocycles. The smallest absolute Gasteiger partial charge is 0.321 e. The van der Waals surface area contributed by atoms with Gasteiger partial charge in [0.25, 0.3) is 0 Å². The van der Waals surface area contributed by atoms with Gasteiger partial charge in [-0.05, 0) is 35.7 Å². The van der Waals surface area contributed by atoms with Crippen LogP contribution in [-0.4, -0.2) is 22.1 Å². The summed E-state index contributed by atoms with van der Waals surface area (Å²) in [5.74, 6) is -0.113. The van der Waals surface area contributed by atoms with E-state index >= 15 is 0 Å². The first-order chi connectivity index (χ1) is 15.1. The molecule has 3 N–H and O–H groups in total. The third-order valence-corrected chi connectivity index (χ3v) is 5.55. The highest BCUT2D eigenvalue weighted by Gasteiger charge is 2.20. The molecule has 4 rings (SSSR count). The second-order valence-corrected chi connectivity index (χ2v) is 7.66. The fourth-order valence-corrected chi connectivity index (χ4v) is 3.72. The van der Waals surface area contributed by atoms with Crippen LogP contribution in [0.2, 0.25) is 0 Å². The lowest BCUT2D eigenvalue weighted by atomic mass is 10.0. The zero-order valence-corrected chi connectivity index (χ0v) is 17.5. The summed E-state index contributed by atoms with van der Waals surface area (Å²) in [6, 6.07) is 23.1. The Kier molecular flexibility index (Phi) is 6.34. The van der Waals surface area contributed by atoms with Crippen molar-refractivity contribution in [3.05, 3.63) is 101 Å². The number of nitrogens with one attached hydrogen (secondary N) is 2. The van der Waals surface area contributed by atoms with E-state index in [2.05, 4.69) is 29.4 Å². The van der Waals surface area contributed by atoms with Crippen LogP contribution >= 0.6 is 0 Å². The number of aliphatic carboxylic acids is 1. The van der Waals surface area contributed by atoms with Crippen LogP contribution in [0.15, 0.2) is 79.0 Å². The molecule has 0 aliphatic heterocycles. The van der Waals surface area contributed by atoms with Gasteiger partial charge in [-0.3, -0.25) is 10.1 Å². The number of aromatic nitrogens is 1. The monoisotopic (exact) mass is 414 g/mol. The van der Waals surface area contributed by atoms with Gasteiger partial charge in [-0.25, -0.2) is 0 Å². The molecular formula is C26H26N2O3. The lowest BCUT2D eigenvalue weighted by Crippen LogP contribution is -2.38. The van der Waals surface area contributed by atoms with E-state index in [1.807, 2.05) is 66.9 Å². The minimum atomic E-state index is -0.872. The number of hydrogen-bond donors (Lipinski definition) is 3. The molecule has 3 aromatic carbocycles. The second-order valence-electron chi connectivity index (χ2n) is 7.66. The summed E-state index contributed by atoms with van der Waals surface area (Å²) >= 11 is 0. The molecule has 1 heterocycles. The number of ether oxygens (including phenoxy) is 1. The normalized spacial score (nSPS) is 12.0. The van der Waals surface area contributed by atoms with E-state index in [0.29, 0.717) is 19.6 Å². The summed E-state index contributed by atoms with van der Waals surface area (Å²) < 4.78 is 6.07. The Labute approximate surface area is 181 Å². The average molecular weight is 415 g/mol. The first kappa shape index (κ1) is 20.7. The molecule has 0 aliphatic carbocycles. The van der Waals surface area contributed by atoms with E-state index in [1.165, 1.54) is 5.56 Å². The van der Waals surface area contributed by atoms with Gasteiger partial charge in [-0.2, -0.15) is 0 Å². The average Bonchev–Trinajstić information content (AvgIpc) is 3.19. The molecule has 0 spiro atoms. The van der Waals surface area contributed by atoms with E-state index in [9.17, 15) is 9.90 Å². The molecule has 0 unspecified atom stereocenters. The van der Waals surface area contributed by atoms with Crippen LogP contribution in [0.4, 0.5) is 0 Å². The van der Waals surface area contributed by atoms with Crippen LogP contribution in [-0.2, 0) is 24.4 Å². The number of aromatic amines is 1. The molecular weight excluding hydrogens is 388 g/mol. The maximum atomic E-state index is 11.9. The number of carbonyl (C=O) groups is 1. The van der Waals surface area contributed by atoms with Crippen molar-refractivity contribution < 1.29 is 14.6 Å². The number of para-hydroxylation sites is 2. The first-order valence-corrected chi connectivity index (χ1v) is 10.4. The summed E-state index contributed by atoms with van der Waals surface area (Å²) in [5, 5.41) is 14.0. The van der Waals surface area contributed by atoms with E-state index in [1.54, 1.807) is 0 Å². The summed E-state index contributed by atoms with van der Waals surface area (Å²) in [4.78, 5) is 15.1. The Bertz CT molecular complexity index is 1180. The number of rotatable bonds is 9. The number of benzene rings is 3. The van der Waals surface area contributed by atoms with Gasteiger partial charge in [0.2, 0.25) is 0 Å². The maximum absolute atomic E-state index is 11.9. The summed E-state index contributed by atoms with van der Waals surface area (Å²) in [5.41, 5.74) is 5.24. The molecule has 31 heavy (non-hydrogen) atoms. The number of aryl methyl sites for hydroxylation is 1. The van der Waals surface area contributed by atoms with E-state index in [-0.39, 0.29) is 0 Å². The SMILES string of the molecule is Cc1ccccc1COc1ccccc1CN[C@@H](Cc1c[nH]c2ccccc12)C(=O)O. The largest absolute Gasteiger partial charge is 0.489 e. The fraction of sp³-hybridized carbons (Fsp3) is 0.192. The van der Waals surface area contributed by atoms with Crippen LogP contribution < -0.4 is 10.1 Å². The van der Waals surface area contributed by atoms with Gasteiger partial charge in [0.15, 0.2) is 0 Å². The zero-order valence-electron chi connectivity index (χ0n) is 17.5. The third-order valence-electron chi connectivity index (χ3n) is 5.55. The van der Waals surface area contributed by atoms with E-state index < -0.39 is 12.0 Å². The molecule has 0 amide bonds. The number of fused-ring (bicyclic) bond motifs is 1. The highest BCUT2D eigenvalue weighted by molar-refractivity contribution is 5.84. The minimum Gasteiger partial charge on any atom is -0.489 e. The predicted molar refractivity (Wildman–Crippen MR) is 122 cm³/mol. The van der Waals surface area contributed by atoms with Crippen molar-refractivity contribution in [2.45, 2.75) is 32.5 Å². The Morgan fingerprint density at radius 1 is 0.968 bits per heavy atom. The molecule has 4 aromatic rings. The van der Waals surface area contributed by atoms with Crippen LogP contribution in [0.1, 0.15) is 22.3 Å². The number of H-pyrrole nitrogens is 1. The Morgan fingerprint density at radius 2 is 1.68 bits per heavy atom. The summed E-state index contributed by atoms with van der Waals surface area (Å²) in [7, 11) is 0. The van der Waals surface area contributed by atoms with Gasteiger partial charge in [0.1, 0.15) is 18.4 Å². The van der Waals surface area contributed by atoms with Gasteiger partial charge in [0, 0.05) is 35.6 Å². The lowest BCUT2D eigenvalue weighted by molar-refractivity contribution is -0.139. The van der Waals surface area contributed by atoms with Crippen LogP contribution in [0.25, 0.3) is 10.9 Å². The summed E-state index contributed by atoms with van der Waals surface area (Å²) in [6.07, 6.45) is 2.28. The van der Waals surface area contributed by atoms with Crippen molar-refractivity contribution in [2.24, 2.45) is 0 Å². The van der Waals surface area contributed by atoms with Crippen molar-refractivity contribution in [1.29, 1.82) is 0 Å². The Morgan fingerprint density at radius 3 is 2.48 bits per heavy atom. The molecule has 5 nitrogen and oxygen atoms in total. The summed E-state index contributed by atoms with van der Waals surface area (Å²) in [6.45, 7) is 2.94. The van der Waals surface area contributed by atoms with Crippen LogP contribution in [0.3, 0.4) is 0 Å². The first-order valence-electron chi connectivity index (χ1n) is 10.4. The van der Waals surface area contributed by atoms with Crippen LogP contribution in [0.5, 0.6) is 5.75 Å². The number of carboxylic acids is 1. The highest BCUT2D eigenvalue weighted by atomic mass is 16.5. The highest BCUT2D eigenvalue weighted by Crippen LogP contribution is 2.22. The van der Waals surface area contributed by atoms with Gasteiger partial charge < -0.3 is 14.8 Å². The van der Waals surface area contributed by atoms with Crippen molar-refractivity contribution in [1.82, 2.24) is 10.3 Å². The second kappa shape index (κ2) is 9.49. The number of hydrogen-bond acceptors (Lipinski definition) is 3. The van der Waals surface area contributed by atoms with Crippen LogP contribution in [0, 0.1) is 6.92 Å². The number of carboxylic acid groups (broad SMARTS) is 1. The maximum Gasteiger partial charge on any atom is 0.321 e. The fourth-order valence-electron chi connectivity index (χ4n) is 3.72. The molecule has 0 saturated carbocycles. The van der Waals surface area contributed by atoms with E-state index in [0.717, 1.165) is 33.3 Å². The standard InChI is InChI=1S/C26H26N2O3/c1-18-8-2-3-10-20(18)17-31-25-13-7-4-9-19(25)15-28-24(26(29)30)14-21-16-27-23-12-6-5-11-22(21)23/h2-13,16,24,27-28H,14-15,17H2,1H3,(H,29,30)/t24-/m0/s1. The van der Waals surface area contributed by atoms with Gasteiger partial charge in [-0.1, -0.05) is 60.7 Å². The lowest BCUT2D eigenvalue weighted by Gasteiger charge is -2.17. The molecule has 0 fully saturated rings. The van der Waals surface area contributed by atoms with Crippen molar-refractivity contribution >= 4 is 16.9 Å². The third kappa shape index (κ3) is 4.95. The quantitative estimate of drug-likeness (QED) is 0.366. The molecule has 0 radical (unpaired) electrons. The van der Waals surface area contributed by atoms with E-state index in [4.69, 9.17) is 4.74 Å². The topological polar surface area (TPSA) is 74.3 Å². The molecule has 0 bridgehead atoms. The molecule has 158 valence electrons. The zero-order chi connectivity index (χ0) is 21.6. The van der Waals surface area contributed by atoms with Gasteiger partial charge in [-0.15, -0.1) is 0 Å². The van der Waals surface area contributed by atoms with Crippen molar-refractivity contribution in [2.75, 3.05) is 0 Å². The molecule has 1 aromatic heterocycles. The molecule has 1 atom stereocenters. The van der Waals surface area contributed by atoms with Crippen molar-refractivity contribution in [3.63, 3.8) is 0 Å². The predicted octanol–water partition coefficient (Wildman–Crippen LogP) is 4.84. The minimum absolute atomic E-state index is 0.394. The Balaban J connectivity index is 1.44. The Hall–Kier alpha value is -3.57. The van der Waals surface area contributed by atoms with Gasteiger partial charge in [0.05, 0.1) is 0 Å².